The van der Waals surface area contributed by atoms with Gasteiger partial charge in [-0.25, -0.2) is 10.9 Å². The number of nitrogens with zero attached hydrogens (tertiary/aromatic N) is 1. The van der Waals surface area contributed by atoms with Crippen molar-refractivity contribution in [2.75, 3.05) is 19.7 Å². The molecule has 0 aliphatic carbocycles. The van der Waals surface area contributed by atoms with Crippen molar-refractivity contribution in [3.8, 4) is 0 Å². The minimum atomic E-state index is -0.310. The molecule has 2 aliphatic rings. The van der Waals surface area contributed by atoms with Crippen molar-refractivity contribution in [1.82, 2.24) is 15.8 Å². The number of nitrogens with one attached hydrogen (secondary N) is 2. The van der Waals surface area contributed by atoms with Crippen LogP contribution in [0.2, 0.25) is 0 Å². The molecule has 4 atom stereocenters. The Morgan fingerprint density at radius 2 is 1.65 bits per heavy atom. The van der Waals surface area contributed by atoms with E-state index < -0.39 is 0 Å². The third-order valence-electron chi connectivity index (χ3n) is 5.01. The monoisotopic (exact) mass is 415 g/mol. The zero-order valence-electron chi connectivity index (χ0n) is 14.3. The second-order valence-corrected chi connectivity index (χ2v) is 7.71. The van der Waals surface area contributed by atoms with Crippen LogP contribution in [0.25, 0.3) is 0 Å². The average Bonchev–Trinajstić information content (AvgIpc) is 3.10. The first-order valence-electron chi connectivity index (χ1n) is 8.89. The molecule has 6 heteroatoms. The Bertz CT molecular complexity index is 743. The molecular formula is C20H22BrN3O2. The summed E-state index contributed by atoms with van der Waals surface area (Å²) in [5, 5.41) is 0. The van der Waals surface area contributed by atoms with Gasteiger partial charge in [-0.05, 0) is 11.1 Å². The van der Waals surface area contributed by atoms with E-state index in [2.05, 4.69) is 38.9 Å². The summed E-state index contributed by atoms with van der Waals surface area (Å²) in [5.74, 6) is 0.0991. The highest BCUT2D eigenvalue weighted by atomic mass is 79.9. The maximum atomic E-state index is 13.1. The third kappa shape index (κ3) is 3.55. The van der Waals surface area contributed by atoms with E-state index in [1.807, 2.05) is 53.4 Å². The lowest BCUT2D eigenvalue weighted by Crippen LogP contribution is -2.52. The van der Waals surface area contributed by atoms with E-state index in [1.165, 1.54) is 0 Å². The quantitative estimate of drug-likeness (QED) is 0.756. The van der Waals surface area contributed by atoms with Gasteiger partial charge in [0.1, 0.15) is 12.1 Å². The molecule has 0 bridgehead atoms. The molecule has 4 rings (SSSR count). The molecule has 1 amide bonds. The Kier molecular flexibility index (Phi) is 5.36. The third-order valence-corrected chi connectivity index (χ3v) is 6.06. The number of hydrogen-bond acceptors (Lipinski definition) is 4. The number of benzene rings is 2. The maximum absolute atomic E-state index is 13.1. The molecule has 2 heterocycles. The number of hydrazine groups is 1. The molecule has 136 valence electrons. The van der Waals surface area contributed by atoms with Crippen LogP contribution in [0.1, 0.15) is 23.3 Å². The van der Waals surface area contributed by atoms with Crippen LogP contribution in [-0.2, 0) is 9.53 Å². The molecular weight excluding hydrogens is 394 g/mol. The predicted octanol–water partition coefficient (Wildman–Crippen LogP) is 2.57. The average molecular weight is 416 g/mol. The van der Waals surface area contributed by atoms with Gasteiger partial charge in [-0.15, -0.1) is 0 Å². The number of ether oxygens (including phenoxy) is 1. The molecule has 2 aromatic carbocycles. The fourth-order valence-corrected chi connectivity index (χ4v) is 4.37. The van der Waals surface area contributed by atoms with E-state index in [9.17, 15) is 4.79 Å². The molecule has 2 fully saturated rings. The van der Waals surface area contributed by atoms with E-state index >= 15 is 0 Å². The summed E-state index contributed by atoms with van der Waals surface area (Å²) in [6.07, 6.45) is -0.0676. The topological polar surface area (TPSA) is 53.6 Å². The zero-order chi connectivity index (χ0) is 17.9. The van der Waals surface area contributed by atoms with E-state index in [1.54, 1.807) is 0 Å². The largest absolute Gasteiger partial charge is 0.370 e. The number of carbonyl (C=O) groups is 1. The van der Waals surface area contributed by atoms with Gasteiger partial charge in [0.25, 0.3) is 0 Å². The minimum Gasteiger partial charge on any atom is -0.370 e. The normalized spacial score (nSPS) is 28.9. The summed E-state index contributed by atoms with van der Waals surface area (Å²) in [7, 11) is 0. The Balaban J connectivity index is 1.44. The molecule has 0 radical (unpaired) electrons. The molecule has 2 saturated heterocycles. The number of amides is 1. The summed E-state index contributed by atoms with van der Waals surface area (Å²) in [4.78, 5) is 15.0. The van der Waals surface area contributed by atoms with E-state index in [0.717, 1.165) is 11.1 Å². The first-order valence-corrected chi connectivity index (χ1v) is 9.81. The van der Waals surface area contributed by atoms with Crippen molar-refractivity contribution in [2.24, 2.45) is 0 Å². The van der Waals surface area contributed by atoms with Crippen LogP contribution < -0.4 is 10.9 Å². The van der Waals surface area contributed by atoms with E-state index in [-0.39, 0.29) is 28.9 Å². The summed E-state index contributed by atoms with van der Waals surface area (Å²) in [6.45, 7) is 1.76. The molecule has 2 aliphatic heterocycles. The lowest BCUT2D eigenvalue weighted by molar-refractivity contribution is -0.140. The van der Waals surface area contributed by atoms with Crippen LogP contribution in [0.5, 0.6) is 0 Å². The van der Waals surface area contributed by atoms with Gasteiger partial charge in [0.05, 0.1) is 24.0 Å². The SMILES string of the molecule is O=C(C1NNC(c2ccccc2)C1Br)N1CCOC(c2ccccc2)C1. The van der Waals surface area contributed by atoms with Crippen LogP contribution >= 0.6 is 15.9 Å². The van der Waals surface area contributed by atoms with Gasteiger partial charge >= 0.3 is 0 Å². The van der Waals surface area contributed by atoms with Gasteiger partial charge in [-0.1, -0.05) is 76.6 Å². The van der Waals surface area contributed by atoms with Crippen LogP contribution in [0, 0.1) is 0 Å². The Labute approximate surface area is 161 Å². The van der Waals surface area contributed by atoms with Gasteiger partial charge < -0.3 is 9.64 Å². The van der Waals surface area contributed by atoms with Gasteiger partial charge in [0, 0.05) is 6.54 Å². The van der Waals surface area contributed by atoms with Crippen LogP contribution in [0.3, 0.4) is 0 Å². The van der Waals surface area contributed by atoms with Gasteiger partial charge in [-0.2, -0.15) is 0 Å². The van der Waals surface area contributed by atoms with Gasteiger partial charge in [0.2, 0.25) is 5.91 Å². The number of halogens is 1. The van der Waals surface area contributed by atoms with Crippen molar-refractivity contribution in [2.45, 2.75) is 23.0 Å². The fourth-order valence-electron chi connectivity index (χ4n) is 3.57. The Morgan fingerprint density at radius 1 is 1.00 bits per heavy atom. The highest BCUT2D eigenvalue weighted by molar-refractivity contribution is 9.09. The first-order chi connectivity index (χ1) is 12.7. The van der Waals surface area contributed by atoms with Crippen molar-refractivity contribution in [3.05, 3.63) is 71.8 Å². The number of carbonyl (C=O) groups excluding carboxylic acids is 1. The van der Waals surface area contributed by atoms with Crippen molar-refractivity contribution in [1.29, 1.82) is 0 Å². The van der Waals surface area contributed by atoms with Crippen molar-refractivity contribution < 1.29 is 9.53 Å². The number of alkyl halides is 1. The molecule has 2 N–H and O–H groups in total. The molecule has 26 heavy (non-hydrogen) atoms. The van der Waals surface area contributed by atoms with Gasteiger partial charge in [-0.3, -0.25) is 4.79 Å². The Morgan fingerprint density at radius 3 is 2.35 bits per heavy atom. The highest BCUT2D eigenvalue weighted by Crippen LogP contribution is 2.30. The first kappa shape index (κ1) is 17.7. The van der Waals surface area contributed by atoms with Crippen molar-refractivity contribution in [3.63, 3.8) is 0 Å². The van der Waals surface area contributed by atoms with Crippen LogP contribution in [-0.4, -0.2) is 41.4 Å². The highest BCUT2D eigenvalue weighted by Gasteiger charge is 2.41. The van der Waals surface area contributed by atoms with Gasteiger partial charge in [0.15, 0.2) is 0 Å². The van der Waals surface area contributed by atoms with E-state index in [4.69, 9.17) is 4.74 Å². The summed E-state index contributed by atoms with van der Waals surface area (Å²) in [5.41, 5.74) is 8.70. The molecule has 0 saturated carbocycles. The maximum Gasteiger partial charge on any atom is 0.242 e. The molecule has 4 unspecified atom stereocenters. The zero-order valence-corrected chi connectivity index (χ0v) is 15.9. The minimum absolute atomic E-state index is 0.0181. The smallest absolute Gasteiger partial charge is 0.242 e. The molecule has 2 aromatic rings. The Hall–Kier alpha value is -1.73. The van der Waals surface area contributed by atoms with Crippen LogP contribution in [0.4, 0.5) is 0 Å². The predicted molar refractivity (Wildman–Crippen MR) is 104 cm³/mol. The number of rotatable bonds is 3. The second-order valence-electron chi connectivity index (χ2n) is 6.65. The molecule has 0 aromatic heterocycles. The molecule has 5 nitrogen and oxygen atoms in total. The van der Waals surface area contributed by atoms with Crippen molar-refractivity contribution >= 4 is 21.8 Å². The summed E-state index contributed by atoms with van der Waals surface area (Å²) in [6, 6.07) is 20.0. The second kappa shape index (κ2) is 7.88. The summed E-state index contributed by atoms with van der Waals surface area (Å²) >= 11 is 3.73. The molecule has 0 spiro atoms. The van der Waals surface area contributed by atoms with Crippen LogP contribution in [0.15, 0.2) is 60.7 Å². The lowest BCUT2D eigenvalue weighted by Gasteiger charge is -2.35. The fraction of sp³-hybridized carbons (Fsp3) is 0.350. The standard InChI is InChI=1S/C20H22BrN3O2/c21-17-18(15-9-5-2-6-10-15)22-23-19(17)20(25)24-11-12-26-16(13-24)14-7-3-1-4-8-14/h1-10,16-19,22-23H,11-13H2. The van der Waals surface area contributed by atoms with E-state index in [0.29, 0.717) is 19.7 Å². The summed E-state index contributed by atoms with van der Waals surface area (Å²) < 4.78 is 5.88. The lowest BCUT2D eigenvalue weighted by atomic mass is 10.0. The number of hydrogen-bond donors (Lipinski definition) is 2. The number of morpholine rings is 1.